The summed E-state index contributed by atoms with van der Waals surface area (Å²) in [4.78, 5) is 29.1. The minimum Gasteiger partial charge on any atom is -0.478 e. The summed E-state index contributed by atoms with van der Waals surface area (Å²) in [6.45, 7) is -0.116. The molecule has 1 saturated heterocycles. The Kier molecular flexibility index (Phi) is 6.09. The molecule has 3 aromatic rings. The second-order valence-corrected chi connectivity index (χ2v) is 8.79. The molecule has 4 heterocycles. The third kappa shape index (κ3) is 4.15. The number of fused-ring (bicyclic) bond motifs is 2. The Labute approximate surface area is 207 Å². The smallest absolute Gasteiger partial charge is 0.408 e. The normalized spacial score (nSPS) is 19.0. The predicted molar refractivity (Wildman–Crippen MR) is 121 cm³/mol. The van der Waals surface area contributed by atoms with Crippen molar-refractivity contribution in [2.75, 3.05) is 0 Å². The first-order chi connectivity index (χ1) is 17.2. The topological polar surface area (TPSA) is 126 Å². The summed E-state index contributed by atoms with van der Waals surface area (Å²) in [5, 5.41) is 22.6. The lowest BCUT2D eigenvalue weighted by atomic mass is 9.89. The lowest BCUT2D eigenvalue weighted by Gasteiger charge is -2.34. The van der Waals surface area contributed by atoms with Crippen LogP contribution in [-0.2, 0) is 11.4 Å². The van der Waals surface area contributed by atoms with Crippen LogP contribution in [0.1, 0.15) is 30.6 Å². The molecule has 2 aromatic heterocycles. The molecule has 9 nitrogen and oxygen atoms in total. The minimum absolute atomic E-state index is 0.00868. The SMILES string of the molecule is O=C(O)C1=C(c2ccc(OCc3cc(-c4c(F)ccc(F)c4Cl)no3)nc2)C[C@@H]2CC[C@H]1N2C(=O)O. The number of hydrogen-bond acceptors (Lipinski definition) is 6. The third-order valence-electron chi connectivity index (χ3n) is 6.36. The van der Waals surface area contributed by atoms with E-state index in [0.717, 1.165) is 12.1 Å². The Morgan fingerprint density at radius 3 is 2.64 bits per heavy atom. The first-order valence-electron chi connectivity index (χ1n) is 10.9. The summed E-state index contributed by atoms with van der Waals surface area (Å²) in [7, 11) is 0. The van der Waals surface area contributed by atoms with Crippen LogP contribution in [0.15, 0.2) is 46.6 Å². The van der Waals surface area contributed by atoms with Gasteiger partial charge in [0.1, 0.15) is 17.3 Å². The summed E-state index contributed by atoms with van der Waals surface area (Å²) in [5.41, 5.74) is 0.980. The first-order valence-corrected chi connectivity index (χ1v) is 11.3. The molecule has 0 radical (unpaired) electrons. The molecule has 0 unspecified atom stereocenters. The van der Waals surface area contributed by atoms with Gasteiger partial charge in [0.05, 0.1) is 22.2 Å². The fourth-order valence-electron chi connectivity index (χ4n) is 4.80. The van der Waals surface area contributed by atoms with Gasteiger partial charge in [-0.15, -0.1) is 0 Å². The summed E-state index contributed by atoms with van der Waals surface area (Å²) in [6, 6.07) is 5.46. The number of hydrogen-bond donors (Lipinski definition) is 2. The number of carbonyl (C=O) groups is 2. The van der Waals surface area contributed by atoms with Crippen LogP contribution in [0.3, 0.4) is 0 Å². The van der Waals surface area contributed by atoms with Crippen LogP contribution in [0.4, 0.5) is 13.6 Å². The average molecular weight is 518 g/mol. The van der Waals surface area contributed by atoms with Crippen LogP contribution in [0.2, 0.25) is 5.02 Å². The fraction of sp³-hybridized carbons (Fsp3) is 0.250. The van der Waals surface area contributed by atoms with Gasteiger partial charge < -0.3 is 19.5 Å². The van der Waals surface area contributed by atoms with Crippen molar-refractivity contribution in [2.24, 2.45) is 0 Å². The number of carboxylic acids is 1. The fourth-order valence-corrected chi connectivity index (χ4v) is 5.05. The highest BCUT2D eigenvalue weighted by Gasteiger charge is 2.46. The molecule has 2 aliphatic rings. The third-order valence-corrected chi connectivity index (χ3v) is 6.73. The molecule has 12 heteroatoms. The summed E-state index contributed by atoms with van der Waals surface area (Å²) in [5.74, 6) is -2.28. The number of aromatic nitrogens is 2. The van der Waals surface area contributed by atoms with Crippen LogP contribution in [-0.4, -0.2) is 49.4 Å². The van der Waals surface area contributed by atoms with Crippen molar-refractivity contribution < 1.29 is 37.8 Å². The maximum absolute atomic E-state index is 14.1. The molecule has 0 aliphatic carbocycles. The number of ether oxygens (including phenoxy) is 1. The minimum atomic E-state index is -1.15. The molecular weight excluding hydrogens is 500 g/mol. The second-order valence-electron chi connectivity index (χ2n) is 8.41. The maximum atomic E-state index is 14.1. The zero-order valence-corrected chi connectivity index (χ0v) is 19.2. The standard InChI is InChI=1S/C24H18ClF2N3O6/c25-22-16(27)4-3-15(26)21(22)17-8-13(36-29-17)10-35-19-6-1-11(9-28-19)14-7-12-2-5-18(20(14)23(31)32)30(12)24(33)34/h1,3-4,6,8-9,12,18H,2,5,7,10H2,(H,31,32)(H,33,34)/t12-,18+/m0/s1. The van der Waals surface area contributed by atoms with Crippen molar-refractivity contribution in [3.8, 4) is 17.1 Å². The van der Waals surface area contributed by atoms with E-state index >= 15 is 0 Å². The zero-order valence-electron chi connectivity index (χ0n) is 18.5. The van der Waals surface area contributed by atoms with Crippen molar-refractivity contribution in [3.63, 3.8) is 0 Å². The van der Waals surface area contributed by atoms with E-state index in [-0.39, 0.29) is 47.5 Å². The Hall–Kier alpha value is -3.99. The quantitative estimate of drug-likeness (QED) is 0.437. The molecule has 1 amide bonds. The van der Waals surface area contributed by atoms with Crippen LogP contribution < -0.4 is 4.74 Å². The highest BCUT2D eigenvalue weighted by atomic mass is 35.5. The molecule has 5 rings (SSSR count). The molecule has 2 N–H and O–H groups in total. The Morgan fingerprint density at radius 2 is 1.94 bits per heavy atom. The van der Waals surface area contributed by atoms with E-state index in [0.29, 0.717) is 24.0 Å². The largest absolute Gasteiger partial charge is 0.478 e. The van der Waals surface area contributed by atoms with E-state index in [1.165, 1.54) is 17.2 Å². The van der Waals surface area contributed by atoms with Crippen molar-refractivity contribution in [1.29, 1.82) is 0 Å². The number of pyridine rings is 1. The Balaban J connectivity index is 1.32. The second kappa shape index (κ2) is 9.23. The van der Waals surface area contributed by atoms with Crippen LogP contribution in [0, 0.1) is 11.6 Å². The Morgan fingerprint density at radius 1 is 1.17 bits per heavy atom. The molecule has 186 valence electrons. The summed E-state index contributed by atoms with van der Waals surface area (Å²) < 4.78 is 38.5. The molecular formula is C24H18ClF2N3O6. The van der Waals surface area contributed by atoms with Gasteiger partial charge in [0, 0.05) is 24.4 Å². The summed E-state index contributed by atoms with van der Waals surface area (Å²) in [6.07, 6.45) is 1.68. The lowest BCUT2D eigenvalue weighted by molar-refractivity contribution is -0.133. The molecule has 2 aliphatic heterocycles. The van der Waals surface area contributed by atoms with Crippen LogP contribution in [0.25, 0.3) is 16.8 Å². The number of aliphatic carboxylic acids is 1. The highest BCUT2D eigenvalue weighted by Crippen LogP contribution is 2.43. The number of amides is 1. The molecule has 2 atom stereocenters. The van der Waals surface area contributed by atoms with Gasteiger partial charge in [0.25, 0.3) is 0 Å². The van der Waals surface area contributed by atoms with Crippen molar-refractivity contribution in [1.82, 2.24) is 15.0 Å². The predicted octanol–water partition coefficient (Wildman–Crippen LogP) is 5.00. The van der Waals surface area contributed by atoms with Gasteiger partial charge in [0.15, 0.2) is 12.4 Å². The number of rotatable bonds is 6. The number of benzene rings is 1. The molecule has 1 fully saturated rings. The van der Waals surface area contributed by atoms with E-state index in [4.69, 9.17) is 20.9 Å². The number of carboxylic acid groups (broad SMARTS) is 2. The van der Waals surface area contributed by atoms with Gasteiger partial charge in [0.2, 0.25) is 5.88 Å². The van der Waals surface area contributed by atoms with E-state index < -0.39 is 34.8 Å². The zero-order chi connectivity index (χ0) is 25.6. The average Bonchev–Trinajstić information content (AvgIpc) is 3.43. The van der Waals surface area contributed by atoms with Crippen molar-refractivity contribution in [3.05, 3.63) is 70.1 Å². The molecule has 36 heavy (non-hydrogen) atoms. The lowest BCUT2D eigenvalue weighted by Crippen LogP contribution is -2.45. The van der Waals surface area contributed by atoms with Crippen LogP contribution >= 0.6 is 11.6 Å². The Bertz CT molecular complexity index is 1390. The van der Waals surface area contributed by atoms with E-state index in [9.17, 15) is 28.6 Å². The molecule has 1 aromatic carbocycles. The van der Waals surface area contributed by atoms with Gasteiger partial charge in [-0.2, -0.15) is 0 Å². The van der Waals surface area contributed by atoms with Gasteiger partial charge in [-0.1, -0.05) is 16.8 Å². The van der Waals surface area contributed by atoms with Gasteiger partial charge in [-0.05, 0) is 48.6 Å². The van der Waals surface area contributed by atoms with Gasteiger partial charge >= 0.3 is 12.1 Å². The van der Waals surface area contributed by atoms with Gasteiger partial charge in [-0.3, -0.25) is 4.90 Å². The highest BCUT2D eigenvalue weighted by molar-refractivity contribution is 6.33. The monoisotopic (exact) mass is 517 g/mol. The molecule has 0 spiro atoms. The van der Waals surface area contributed by atoms with Crippen LogP contribution in [0.5, 0.6) is 5.88 Å². The summed E-state index contributed by atoms with van der Waals surface area (Å²) >= 11 is 5.86. The first kappa shape index (κ1) is 23.7. The number of nitrogens with zero attached hydrogens (tertiary/aromatic N) is 3. The number of halogens is 3. The van der Waals surface area contributed by atoms with Crippen molar-refractivity contribution >= 4 is 29.2 Å². The van der Waals surface area contributed by atoms with E-state index in [1.807, 2.05) is 0 Å². The van der Waals surface area contributed by atoms with Crippen molar-refractivity contribution in [2.45, 2.75) is 38.0 Å². The van der Waals surface area contributed by atoms with E-state index in [1.54, 1.807) is 12.1 Å². The molecule has 0 saturated carbocycles. The molecule has 2 bridgehead atoms. The maximum Gasteiger partial charge on any atom is 0.408 e. The van der Waals surface area contributed by atoms with E-state index in [2.05, 4.69) is 10.1 Å². The van der Waals surface area contributed by atoms with Gasteiger partial charge in [-0.25, -0.2) is 23.4 Å².